The standard InChI is InChI=1S/C11H13F2NO3S/c12-8-7-11(17-4-2-1-3-5-18)9(13)6-10(8)14(15)16/h6-7,18H,1-5H2. The minimum absolute atomic E-state index is 0.238. The van der Waals surface area contributed by atoms with Crippen LogP contribution in [0, 0.1) is 21.7 Å². The quantitative estimate of drug-likeness (QED) is 0.360. The molecular weight excluding hydrogens is 264 g/mol. The fraction of sp³-hybridized carbons (Fsp3) is 0.455. The first-order chi connectivity index (χ1) is 8.56. The van der Waals surface area contributed by atoms with Crippen LogP contribution in [0.15, 0.2) is 12.1 Å². The monoisotopic (exact) mass is 277 g/mol. The third-order valence-corrected chi connectivity index (χ3v) is 2.57. The topological polar surface area (TPSA) is 52.4 Å². The molecule has 1 aromatic carbocycles. The van der Waals surface area contributed by atoms with Crippen molar-refractivity contribution in [2.75, 3.05) is 12.4 Å². The van der Waals surface area contributed by atoms with Gasteiger partial charge in [0, 0.05) is 6.07 Å². The molecule has 7 heteroatoms. The summed E-state index contributed by atoms with van der Waals surface area (Å²) in [6.45, 7) is 0.238. The summed E-state index contributed by atoms with van der Waals surface area (Å²) in [5.74, 6) is -1.58. The van der Waals surface area contributed by atoms with Gasteiger partial charge in [-0.25, -0.2) is 4.39 Å². The van der Waals surface area contributed by atoms with Gasteiger partial charge in [0.05, 0.1) is 17.6 Å². The number of hydrogen-bond donors (Lipinski definition) is 1. The highest BCUT2D eigenvalue weighted by Crippen LogP contribution is 2.26. The van der Waals surface area contributed by atoms with Crippen molar-refractivity contribution < 1.29 is 18.4 Å². The normalized spacial score (nSPS) is 10.4. The van der Waals surface area contributed by atoms with Crippen molar-refractivity contribution in [3.05, 3.63) is 33.9 Å². The van der Waals surface area contributed by atoms with E-state index in [1.165, 1.54) is 0 Å². The van der Waals surface area contributed by atoms with Gasteiger partial charge in [-0.3, -0.25) is 10.1 Å². The molecule has 0 N–H and O–H groups in total. The van der Waals surface area contributed by atoms with E-state index in [-0.39, 0.29) is 12.4 Å². The van der Waals surface area contributed by atoms with Gasteiger partial charge in [-0.1, -0.05) is 0 Å². The zero-order valence-corrected chi connectivity index (χ0v) is 10.5. The zero-order valence-electron chi connectivity index (χ0n) is 9.57. The Hall–Kier alpha value is -1.37. The number of benzene rings is 1. The summed E-state index contributed by atoms with van der Waals surface area (Å²) in [6.07, 6.45) is 2.49. The van der Waals surface area contributed by atoms with E-state index < -0.39 is 22.2 Å². The zero-order chi connectivity index (χ0) is 13.5. The third-order valence-electron chi connectivity index (χ3n) is 2.26. The molecule has 0 aliphatic rings. The van der Waals surface area contributed by atoms with Gasteiger partial charge in [0.2, 0.25) is 5.82 Å². The minimum atomic E-state index is -1.10. The van der Waals surface area contributed by atoms with Crippen LogP contribution >= 0.6 is 12.6 Å². The van der Waals surface area contributed by atoms with E-state index in [1.807, 2.05) is 0 Å². The van der Waals surface area contributed by atoms with Crippen LogP contribution in [-0.2, 0) is 0 Å². The second-order valence-corrected chi connectivity index (χ2v) is 4.07. The summed E-state index contributed by atoms with van der Waals surface area (Å²) in [5.41, 5.74) is -0.894. The number of nitro benzene ring substituents is 1. The Kier molecular flexibility index (Phi) is 5.84. The van der Waals surface area contributed by atoms with Crippen molar-refractivity contribution in [1.29, 1.82) is 0 Å². The summed E-state index contributed by atoms with van der Waals surface area (Å²) in [4.78, 5) is 9.39. The minimum Gasteiger partial charge on any atom is -0.490 e. The molecule has 0 amide bonds. The summed E-state index contributed by atoms with van der Waals surface area (Å²) in [6, 6.07) is 1.23. The Morgan fingerprint density at radius 2 is 1.94 bits per heavy atom. The van der Waals surface area contributed by atoms with E-state index in [0.717, 1.165) is 18.6 Å². The molecule has 0 aliphatic heterocycles. The molecule has 1 aromatic rings. The molecule has 100 valence electrons. The van der Waals surface area contributed by atoms with Crippen LogP contribution in [-0.4, -0.2) is 17.3 Å². The summed E-state index contributed by atoms with van der Waals surface area (Å²) in [5, 5.41) is 10.4. The highest BCUT2D eigenvalue weighted by atomic mass is 32.1. The van der Waals surface area contributed by atoms with Gasteiger partial charge in [0.15, 0.2) is 11.6 Å². The predicted molar refractivity (Wildman–Crippen MR) is 66.2 cm³/mol. The van der Waals surface area contributed by atoms with Crippen molar-refractivity contribution in [2.24, 2.45) is 0 Å². The Labute approximate surface area is 109 Å². The van der Waals surface area contributed by atoms with E-state index in [0.29, 0.717) is 18.6 Å². The van der Waals surface area contributed by atoms with Gasteiger partial charge >= 0.3 is 5.69 Å². The van der Waals surface area contributed by atoms with Crippen LogP contribution in [0.2, 0.25) is 0 Å². The maximum Gasteiger partial charge on any atom is 0.307 e. The van der Waals surface area contributed by atoms with Gasteiger partial charge < -0.3 is 4.74 Å². The molecule has 0 fully saturated rings. The number of ether oxygens (including phenoxy) is 1. The molecule has 0 unspecified atom stereocenters. The first-order valence-corrected chi connectivity index (χ1v) is 6.06. The second kappa shape index (κ2) is 7.15. The molecule has 0 radical (unpaired) electrons. The smallest absolute Gasteiger partial charge is 0.307 e. The van der Waals surface area contributed by atoms with Crippen molar-refractivity contribution in [1.82, 2.24) is 0 Å². The van der Waals surface area contributed by atoms with Gasteiger partial charge in [-0.2, -0.15) is 17.0 Å². The maximum atomic E-state index is 13.4. The van der Waals surface area contributed by atoms with E-state index in [4.69, 9.17) is 4.74 Å². The molecule has 4 nitrogen and oxygen atoms in total. The lowest BCUT2D eigenvalue weighted by Crippen LogP contribution is -2.02. The number of halogens is 2. The van der Waals surface area contributed by atoms with Gasteiger partial charge in [-0.05, 0) is 25.0 Å². The first kappa shape index (κ1) is 14.7. The van der Waals surface area contributed by atoms with Crippen molar-refractivity contribution in [3.63, 3.8) is 0 Å². The van der Waals surface area contributed by atoms with E-state index in [1.54, 1.807) is 0 Å². The fourth-order valence-corrected chi connectivity index (χ4v) is 1.56. The molecule has 0 saturated carbocycles. The molecule has 18 heavy (non-hydrogen) atoms. The van der Waals surface area contributed by atoms with Crippen LogP contribution in [0.1, 0.15) is 19.3 Å². The number of hydrogen-bond acceptors (Lipinski definition) is 4. The maximum absolute atomic E-state index is 13.4. The molecule has 1 rings (SSSR count). The molecule has 0 saturated heterocycles. The van der Waals surface area contributed by atoms with E-state index in [2.05, 4.69) is 12.6 Å². The summed E-state index contributed by atoms with van der Waals surface area (Å²) < 4.78 is 31.6. The van der Waals surface area contributed by atoms with Crippen LogP contribution in [0.5, 0.6) is 5.75 Å². The molecule has 0 aromatic heterocycles. The Balaban J connectivity index is 2.62. The molecule has 0 spiro atoms. The lowest BCUT2D eigenvalue weighted by molar-refractivity contribution is -0.387. The van der Waals surface area contributed by atoms with Crippen LogP contribution in [0.4, 0.5) is 14.5 Å². The number of nitrogens with zero attached hydrogens (tertiary/aromatic N) is 1. The Morgan fingerprint density at radius 1 is 1.22 bits per heavy atom. The predicted octanol–water partition coefficient (Wildman–Crippen LogP) is 3.35. The molecule has 0 bridgehead atoms. The second-order valence-electron chi connectivity index (χ2n) is 3.62. The number of unbranched alkanes of at least 4 members (excludes halogenated alkanes) is 2. The number of thiol groups is 1. The summed E-state index contributed by atoms with van der Waals surface area (Å²) >= 11 is 4.04. The lowest BCUT2D eigenvalue weighted by atomic mass is 10.2. The molecule has 0 atom stereocenters. The first-order valence-electron chi connectivity index (χ1n) is 5.43. The van der Waals surface area contributed by atoms with Crippen LogP contribution < -0.4 is 4.74 Å². The van der Waals surface area contributed by atoms with Gasteiger partial charge in [0.1, 0.15) is 0 Å². The van der Waals surface area contributed by atoms with Crippen molar-refractivity contribution in [2.45, 2.75) is 19.3 Å². The molecule has 0 heterocycles. The van der Waals surface area contributed by atoms with Crippen LogP contribution in [0.3, 0.4) is 0 Å². The van der Waals surface area contributed by atoms with E-state index >= 15 is 0 Å². The largest absolute Gasteiger partial charge is 0.490 e. The van der Waals surface area contributed by atoms with Gasteiger partial charge in [-0.15, -0.1) is 0 Å². The SMILES string of the molecule is O=[N+]([O-])c1cc(F)c(OCCCCCS)cc1F. The van der Waals surface area contributed by atoms with Crippen molar-refractivity contribution in [3.8, 4) is 5.75 Å². The highest BCUT2D eigenvalue weighted by molar-refractivity contribution is 7.80. The highest BCUT2D eigenvalue weighted by Gasteiger charge is 2.19. The summed E-state index contributed by atoms with van der Waals surface area (Å²) in [7, 11) is 0. The average Bonchev–Trinajstić information content (AvgIpc) is 2.32. The number of nitro groups is 1. The Morgan fingerprint density at radius 3 is 2.56 bits per heavy atom. The van der Waals surface area contributed by atoms with Crippen molar-refractivity contribution >= 4 is 18.3 Å². The third kappa shape index (κ3) is 4.14. The van der Waals surface area contributed by atoms with Crippen LogP contribution in [0.25, 0.3) is 0 Å². The Bertz CT molecular complexity index is 429. The van der Waals surface area contributed by atoms with E-state index in [9.17, 15) is 18.9 Å². The molecular formula is C11H13F2NO3S. The fourth-order valence-electron chi connectivity index (χ4n) is 1.34. The molecule has 0 aliphatic carbocycles. The van der Waals surface area contributed by atoms with Gasteiger partial charge in [0.25, 0.3) is 0 Å². The number of rotatable bonds is 7. The average molecular weight is 277 g/mol. The lowest BCUT2D eigenvalue weighted by Gasteiger charge is -2.07.